The number of hydrogen-bond acceptors (Lipinski definition) is 4. The summed E-state index contributed by atoms with van der Waals surface area (Å²) in [5, 5.41) is 6.15. The molecule has 4 rings (SSSR count). The molecule has 8 nitrogen and oxygen atoms in total. The number of H-pyrrole nitrogens is 2. The first-order chi connectivity index (χ1) is 22.5. The lowest BCUT2D eigenvalue weighted by atomic mass is 9.91. The maximum atomic E-state index is 12.7. The molecule has 4 aromatic rings. The molecule has 48 heavy (non-hydrogen) atoms. The molecule has 8 heteroatoms. The van der Waals surface area contributed by atoms with Gasteiger partial charge in [-0.3, -0.25) is 9.59 Å². The highest BCUT2D eigenvalue weighted by Crippen LogP contribution is 2.31. The van der Waals surface area contributed by atoms with Crippen LogP contribution in [0.15, 0.2) is 60.9 Å². The Morgan fingerprint density at radius 2 is 0.896 bits per heavy atom. The number of nitrogens with zero attached hydrogens (tertiary/aromatic N) is 2. The van der Waals surface area contributed by atoms with Gasteiger partial charge in [-0.15, -0.1) is 0 Å². The highest BCUT2D eigenvalue weighted by molar-refractivity contribution is 5.77. The zero-order valence-corrected chi connectivity index (χ0v) is 30.6. The Morgan fingerprint density at radius 1 is 0.583 bits per heavy atom. The van der Waals surface area contributed by atoms with Crippen molar-refractivity contribution in [2.24, 2.45) is 22.7 Å². The number of rotatable bonds is 13. The van der Waals surface area contributed by atoms with Crippen LogP contribution < -0.4 is 10.6 Å². The Balaban J connectivity index is 1.41. The molecule has 0 spiro atoms. The number of carbonyl (C=O) groups is 2. The molecule has 0 radical (unpaired) electrons. The monoisotopic (exact) mass is 652 g/mol. The average molecular weight is 653 g/mol. The molecule has 0 aliphatic carbocycles. The molecule has 2 aromatic heterocycles. The normalized spacial score (nSPS) is 13.5. The topological polar surface area (TPSA) is 116 Å². The molecule has 0 saturated carbocycles. The SMILES string of the molecule is CC(C)[C@H](CC(=O)NCC(C)(C)C)c1ncc(-c2ccc(-c3ccc(-c4cnc([C@@H](CC(=O)NCC(C)(C)C)C(C)C)[nH]4)cc3)cc2)[nH]1. The summed E-state index contributed by atoms with van der Waals surface area (Å²) in [6.07, 6.45) is 4.54. The van der Waals surface area contributed by atoms with E-state index in [0.717, 1.165) is 45.3 Å². The van der Waals surface area contributed by atoms with E-state index in [1.807, 2.05) is 12.4 Å². The molecule has 2 atom stereocenters. The number of imidazole rings is 2. The molecule has 0 bridgehead atoms. The Hall–Kier alpha value is -4.20. The van der Waals surface area contributed by atoms with Gasteiger partial charge in [0.25, 0.3) is 0 Å². The van der Waals surface area contributed by atoms with Gasteiger partial charge >= 0.3 is 0 Å². The third-order valence-electron chi connectivity index (χ3n) is 8.67. The summed E-state index contributed by atoms with van der Waals surface area (Å²) in [5.74, 6) is 2.36. The first kappa shape index (κ1) is 36.6. The number of aromatic amines is 2. The minimum absolute atomic E-state index is 0.0108. The van der Waals surface area contributed by atoms with Gasteiger partial charge in [0.2, 0.25) is 11.8 Å². The second-order valence-electron chi connectivity index (χ2n) is 16.3. The van der Waals surface area contributed by atoms with Crippen LogP contribution in [0.2, 0.25) is 0 Å². The second-order valence-corrected chi connectivity index (χ2v) is 16.3. The maximum absolute atomic E-state index is 12.7. The zero-order valence-electron chi connectivity index (χ0n) is 30.6. The molecule has 4 N–H and O–H groups in total. The predicted molar refractivity (Wildman–Crippen MR) is 196 cm³/mol. The van der Waals surface area contributed by atoms with Crippen molar-refractivity contribution in [3.05, 3.63) is 72.6 Å². The van der Waals surface area contributed by atoms with Crippen molar-refractivity contribution in [2.75, 3.05) is 13.1 Å². The highest BCUT2D eigenvalue weighted by Gasteiger charge is 2.25. The van der Waals surface area contributed by atoms with Crippen molar-refractivity contribution >= 4 is 11.8 Å². The van der Waals surface area contributed by atoms with Crippen molar-refractivity contribution in [3.63, 3.8) is 0 Å². The fraction of sp³-hybridized carbons (Fsp3) is 0.500. The fourth-order valence-corrected chi connectivity index (χ4v) is 5.60. The lowest BCUT2D eigenvalue weighted by molar-refractivity contribution is -0.123. The van der Waals surface area contributed by atoms with Crippen LogP contribution in [0.3, 0.4) is 0 Å². The van der Waals surface area contributed by atoms with Crippen molar-refractivity contribution in [3.8, 4) is 33.6 Å². The van der Waals surface area contributed by atoms with Crippen molar-refractivity contribution < 1.29 is 9.59 Å². The van der Waals surface area contributed by atoms with Crippen LogP contribution in [0.5, 0.6) is 0 Å². The third-order valence-corrected chi connectivity index (χ3v) is 8.67. The van der Waals surface area contributed by atoms with Gasteiger partial charge in [0, 0.05) is 37.8 Å². The van der Waals surface area contributed by atoms with E-state index in [0.29, 0.717) is 25.9 Å². The predicted octanol–water partition coefficient (Wildman–Crippen LogP) is 8.72. The summed E-state index contributed by atoms with van der Waals surface area (Å²) in [6.45, 7) is 22.5. The molecular weight excluding hydrogens is 596 g/mol. The largest absolute Gasteiger partial charge is 0.356 e. The minimum Gasteiger partial charge on any atom is -0.356 e. The van der Waals surface area contributed by atoms with E-state index in [9.17, 15) is 9.59 Å². The van der Waals surface area contributed by atoms with Crippen LogP contribution in [0, 0.1) is 22.7 Å². The van der Waals surface area contributed by atoms with E-state index < -0.39 is 0 Å². The molecule has 0 aliphatic rings. The number of nitrogens with one attached hydrogen (secondary N) is 4. The smallest absolute Gasteiger partial charge is 0.220 e. The molecule has 0 unspecified atom stereocenters. The molecular formula is C40H56N6O2. The number of benzene rings is 2. The van der Waals surface area contributed by atoms with Gasteiger partial charge in [0.05, 0.1) is 23.8 Å². The summed E-state index contributed by atoms with van der Waals surface area (Å²) in [7, 11) is 0. The van der Waals surface area contributed by atoms with Gasteiger partial charge in [-0.25, -0.2) is 9.97 Å². The van der Waals surface area contributed by atoms with E-state index in [2.05, 4.69) is 148 Å². The van der Waals surface area contributed by atoms with Gasteiger partial charge in [-0.2, -0.15) is 0 Å². The second kappa shape index (κ2) is 15.3. The van der Waals surface area contributed by atoms with Crippen LogP contribution in [-0.4, -0.2) is 44.8 Å². The molecule has 0 saturated heterocycles. The standard InChI is InChI=1S/C40H56N6O2/c1-25(2)31(19-35(47)43-23-39(5,6)7)37-41-21-33(45-37)29-15-11-27(12-16-29)28-13-17-30(18-14-28)34-22-42-38(46-34)32(26(3)4)20-36(48)44-24-40(8,9)10/h11-18,21-22,25-26,31-32H,19-20,23-24H2,1-10H3,(H,41,45)(H,42,46)(H,43,47)(H,44,48)/t31-,32-/m0/s1. The fourth-order valence-electron chi connectivity index (χ4n) is 5.60. The summed E-state index contributed by atoms with van der Waals surface area (Å²) >= 11 is 0. The van der Waals surface area contributed by atoms with E-state index in [1.54, 1.807) is 0 Å². The summed E-state index contributed by atoms with van der Waals surface area (Å²) in [4.78, 5) is 41.7. The number of aromatic nitrogens is 4. The number of carbonyl (C=O) groups excluding carboxylic acids is 2. The quantitative estimate of drug-likeness (QED) is 0.116. The van der Waals surface area contributed by atoms with Crippen LogP contribution in [0.25, 0.3) is 33.6 Å². The van der Waals surface area contributed by atoms with Gasteiger partial charge in [-0.1, -0.05) is 118 Å². The Morgan fingerprint density at radius 3 is 1.19 bits per heavy atom. The molecule has 0 aliphatic heterocycles. The number of hydrogen-bond donors (Lipinski definition) is 4. The average Bonchev–Trinajstić information content (AvgIpc) is 3.71. The van der Waals surface area contributed by atoms with E-state index in [1.165, 1.54) is 0 Å². The van der Waals surface area contributed by atoms with Crippen molar-refractivity contribution in [1.29, 1.82) is 0 Å². The molecule has 2 amide bonds. The van der Waals surface area contributed by atoms with Crippen molar-refractivity contribution in [1.82, 2.24) is 30.6 Å². The Kier molecular flexibility index (Phi) is 11.7. The van der Waals surface area contributed by atoms with Gasteiger partial charge < -0.3 is 20.6 Å². The lowest BCUT2D eigenvalue weighted by Crippen LogP contribution is -2.33. The third kappa shape index (κ3) is 10.4. The first-order valence-electron chi connectivity index (χ1n) is 17.3. The van der Waals surface area contributed by atoms with Crippen LogP contribution >= 0.6 is 0 Å². The van der Waals surface area contributed by atoms with Crippen LogP contribution in [0.4, 0.5) is 0 Å². The Labute approximate surface area is 287 Å². The zero-order chi connectivity index (χ0) is 35.2. The summed E-state index contributed by atoms with van der Waals surface area (Å²) in [5.41, 5.74) is 6.30. The molecule has 2 aromatic carbocycles. The lowest BCUT2D eigenvalue weighted by Gasteiger charge is -2.22. The maximum Gasteiger partial charge on any atom is 0.220 e. The van der Waals surface area contributed by atoms with E-state index >= 15 is 0 Å². The van der Waals surface area contributed by atoms with Gasteiger partial charge in [0.1, 0.15) is 11.6 Å². The van der Waals surface area contributed by atoms with E-state index in [-0.39, 0.29) is 46.3 Å². The van der Waals surface area contributed by atoms with Crippen LogP contribution in [-0.2, 0) is 9.59 Å². The minimum atomic E-state index is 0.0108. The molecule has 2 heterocycles. The van der Waals surface area contributed by atoms with Crippen LogP contribution in [0.1, 0.15) is 106 Å². The Bertz CT molecular complexity index is 1510. The van der Waals surface area contributed by atoms with Gasteiger partial charge in [0.15, 0.2) is 0 Å². The molecule has 258 valence electrons. The first-order valence-corrected chi connectivity index (χ1v) is 17.3. The summed E-state index contributed by atoms with van der Waals surface area (Å²) in [6, 6.07) is 16.9. The summed E-state index contributed by atoms with van der Waals surface area (Å²) < 4.78 is 0. The highest BCUT2D eigenvalue weighted by atomic mass is 16.2. The van der Waals surface area contributed by atoms with Gasteiger partial charge in [-0.05, 0) is 44.9 Å². The van der Waals surface area contributed by atoms with E-state index in [4.69, 9.17) is 0 Å². The van der Waals surface area contributed by atoms with Crippen molar-refractivity contribution in [2.45, 2.75) is 93.9 Å². The number of amides is 2. The molecule has 0 fully saturated rings.